The van der Waals surface area contributed by atoms with Crippen LogP contribution in [0.5, 0.6) is 11.8 Å². The van der Waals surface area contributed by atoms with Gasteiger partial charge in [-0.25, -0.2) is 9.97 Å². The van der Waals surface area contributed by atoms with Crippen molar-refractivity contribution in [3.8, 4) is 11.8 Å². The molecule has 1 unspecified atom stereocenters. The van der Waals surface area contributed by atoms with Gasteiger partial charge in [0.25, 0.3) is 5.91 Å². The zero-order valence-corrected chi connectivity index (χ0v) is 20.9. The molecule has 1 aromatic carbocycles. The molecular weight excluding hydrogens is 474 g/mol. The Morgan fingerprint density at radius 3 is 2.57 bits per heavy atom. The molecule has 0 bridgehead atoms. The van der Waals surface area contributed by atoms with Crippen LogP contribution in [0.2, 0.25) is 0 Å². The molecule has 2 aromatic rings. The van der Waals surface area contributed by atoms with Gasteiger partial charge >= 0.3 is 6.01 Å². The Kier molecular flexibility index (Phi) is 6.27. The Morgan fingerprint density at radius 1 is 1.03 bits per heavy atom. The molecule has 3 aliphatic heterocycles. The number of nitrogens with zero attached hydrogens (tertiary/aromatic N) is 4. The normalized spacial score (nSPS) is 26.5. The minimum Gasteiger partial charge on any atom is -0.489 e. The van der Waals surface area contributed by atoms with Gasteiger partial charge in [-0.15, -0.1) is 0 Å². The molecular formula is C27H31N5O5. The average molecular weight is 506 g/mol. The van der Waals surface area contributed by atoms with Crippen molar-refractivity contribution < 1.29 is 23.9 Å². The van der Waals surface area contributed by atoms with Crippen molar-refractivity contribution in [2.75, 3.05) is 20.2 Å². The summed E-state index contributed by atoms with van der Waals surface area (Å²) in [4.78, 5) is 49.4. The number of hydrogen-bond acceptors (Lipinski definition) is 8. The Labute approximate surface area is 215 Å². The highest BCUT2D eigenvalue weighted by Gasteiger charge is 2.41. The van der Waals surface area contributed by atoms with Gasteiger partial charge in [-0.1, -0.05) is 6.42 Å². The van der Waals surface area contributed by atoms with Crippen LogP contribution in [-0.2, 0) is 16.1 Å². The molecule has 3 atom stereocenters. The molecule has 1 aliphatic carbocycles. The minimum atomic E-state index is -0.611. The van der Waals surface area contributed by atoms with Gasteiger partial charge in [0.05, 0.1) is 7.11 Å². The van der Waals surface area contributed by atoms with Crippen molar-refractivity contribution >= 4 is 17.7 Å². The summed E-state index contributed by atoms with van der Waals surface area (Å²) in [5, 5.41) is 2.35. The van der Waals surface area contributed by atoms with E-state index in [9.17, 15) is 14.4 Å². The number of methoxy groups -OCH3 is 1. The third-order valence-electron chi connectivity index (χ3n) is 8.13. The van der Waals surface area contributed by atoms with Gasteiger partial charge in [0.2, 0.25) is 11.8 Å². The lowest BCUT2D eigenvalue weighted by atomic mass is 9.85. The standard InChI is InChI=1S/C27H31N5O5/c1-36-27-28-11-17(12-29-27)18-13-31(14-18)21-4-2-3-5-23(21)37-19-6-7-20-16(10-19)15-32(26(20)35)22-8-9-24(33)30-25(22)34/h6-7,10-12,18,21-23H,2-5,8-9,13-15H2,1H3,(H,30,33,34)/t21-,22?,23-/m0/s1. The zero-order chi connectivity index (χ0) is 25.5. The number of rotatable bonds is 6. The van der Waals surface area contributed by atoms with E-state index in [0.717, 1.165) is 49.2 Å². The summed E-state index contributed by atoms with van der Waals surface area (Å²) in [5.41, 5.74) is 2.60. The Hall–Kier alpha value is -3.53. The van der Waals surface area contributed by atoms with Gasteiger partial charge in [0, 0.05) is 56.0 Å². The number of piperidine rings is 1. The largest absolute Gasteiger partial charge is 0.489 e. The van der Waals surface area contributed by atoms with Crippen LogP contribution in [-0.4, -0.2) is 75.9 Å². The first-order valence-electron chi connectivity index (χ1n) is 13.0. The van der Waals surface area contributed by atoms with E-state index in [0.29, 0.717) is 36.5 Å². The van der Waals surface area contributed by atoms with Gasteiger partial charge in [0.15, 0.2) is 0 Å². The lowest BCUT2D eigenvalue weighted by Crippen LogP contribution is -2.57. The number of nitrogens with one attached hydrogen (secondary N) is 1. The van der Waals surface area contributed by atoms with Gasteiger partial charge in [-0.3, -0.25) is 24.6 Å². The Bertz CT molecular complexity index is 1210. The van der Waals surface area contributed by atoms with Crippen LogP contribution in [0.25, 0.3) is 0 Å². The number of imide groups is 1. The van der Waals surface area contributed by atoms with Crippen LogP contribution in [0.15, 0.2) is 30.6 Å². The van der Waals surface area contributed by atoms with Crippen molar-refractivity contribution in [1.82, 2.24) is 25.1 Å². The maximum absolute atomic E-state index is 13.0. The van der Waals surface area contributed by atoms with Crippen molar-refractivity contribution in [1.29, 1.82) is 0 Å². The van der Waals surface area contributed by atoms with E-state index >= 15 is 0 Å². The number of carbonyl (C=O) groups is 3. The Morgan fingerprint density at radius 2 is 1.81 bits per heavy atom. The predicted octanol–water partition coefficient (Wildman–Crippen LogP) is 2.04. The van der Waals surface area contributed by atoms with E-state index in [4.69, 9.17) is 9.47 Å². The second kappa shape index (κ2) is 9.74. The number of ether oxygens (including phenoxy) is 2. The first kappa shape index (κ1) is 23.8. The van der Waals surface area contributed by atoms with E-state index in [2.05, 4.69) is 20.2 Å². The van der Waals surface area contributed by atoms with Crippen LogP contribution < -0.4 is 14.8 Å². The van der Waals surface area contributed by atoms with E-state index in [1.807, 2.05) is 24.5 Å². The number of amides is 3. The van der Waals surface area contributed by atoms with Crippen LogP contribution >= 0.6 is 0 Å². The molecule has 194 valence electrons. The highest BCUT2D eigenvalue weighted by molar-refractivity contribution is 6.05. The summed E-state index contributed by atoms with van der Waals surface area (Å²) in [7, 11) is 1.57. The SMILES string of the molecule is COc1ncc(C2CN([C@H]3CCCC[C@@H]3Oc3ccc4c(c3)CN(C3CCC(=O)NC3=O)C4=O)C2)cn1. The zero-order valence-electron chi connectivity index (χ0n) is 20.9. The molecule has 10 nitrogen and oxygen atoms in total. The number of aromatic nitrogens is 2. The van der Waals surface area contributed by atoms with Crippen molar-refractivity contribution in [3.05, 3.63) is 47.3 Å². The molecule has 10 heteroatoms. The quantitative estimate of drug-likeness (QED) is 0.594. The summed E-state index contributed by atoms with van der Waals surface area (Å²) >= 11 is 0. The molecule has 2 saturated heterocycles. The summed E-state index contributed by atoms with van der Waals surface area (Å²) in [5.74, 6) is 0.328. The first-order valence-corrected chi connectivity index (χ1v) is 13.0. The summed E-state index contributed by atoms with van der Waals surface area (Å²) < 4.78 is 11.6. The molecule has 0 radical (unpaired) electrons. The maximum atomic E-state index is 13.0. The topological polar surface area (TPSA) is 114 Å². The van der Waals surface area contributed by atoms with Gasteiger partial charge in [-0.2, -0.15) is 0 Å². The monoisotopic (exact) mass is 505 g/mol. The second-order valence-corrected chi connectivity index (χ2v) is 10.4. The molecule has 1 saturated carbocycles. The molecule has 4 aliphatic rings. The third-order valence-corrected chi connectivity index (χ3v) is 8.13. The fourth-order valence-electron chi connectivity index (χ4n) is 6.07. The highest BCUT2D eigenvalue weighted by Crippen LogP contribution is 2.36. The highest BCUT2D eigenvalue weighted by atomic mass is 16.5. The molecule has 6 rings (SSSR count). The van der Waals surface area contributed by atoms with E-state index < -0.39 is 11.9 Å². The molecule has 37 heavy (non-hydrogen) atoms. The molecule has 4 heterocycles. The van der Waals surface area contributed by atoms with Gasteiger partial charge in [-0.05, 0) is 55.0 Å². The van der Waals surface area contributed by atoms with Gasteiger partial charge in [0.1, 0.15) is 17.9 Å². The second-order valence-electron chi connectivity index (χ2n) is 10.4. The van der Waals surface area contributed by atoms with E-state index in [1.165, 1.54) is 6.42 Å². The summed E-state index contributed by atoms with van der Waals surface area (Å²) in [6.45, 7) is 2.27. The fourth-order valence-corrected chi connectivity index (χ4v) is 6.07. The lowest BCUT2D eigenvalue weighted by Gasteiger charge is -2.48. The van der Waals surface area contributed by atoms with Crippen LogP contribution in [0.3, 0.4) is 0 Å². The Balaban J connectivity index is 1.10. The number of fused-ring (bicyclic) bond motifs is 1. The predicted molar refractivity (Wildman–Crippen MR) is 132 cm³/mol. The molecule has 0 spiro atoms. The first-order chi connectivity index (χ1) is 18.0. The maximum Gasteiger partial charge on any atom is 0.316 e. The number of likely N-dealkylation sites (tertiary alicyclic amines) is 1. The third kappa shape index (κ3) is 4.54. The molecule has 3 amide bonds. The van der Waals surface area contributed by atoms with Crippen molar-refractivity contribution in [3.63, 3.8) is 0 Å². The summed E-state index contributed by atoms with van der Waals surface area (Å²) in [6.07, 6.45) is 8.82. The van der Waals surface area contributed by atoms with Crippen molar-refractivity contribution in [2.24, 2.45) is 0 Å². The number of benzene rings is 1. The minimum absolute atomic E-state index is 0.0863. The smallest absolute Gasteiger partial charge is 0.316 e. The molecule has 1 N–H and O–H groups in total. The lowest BCUT2D eigenvalue weighted by molar-refractivity contribution is -0.136. The number of hydrogen-bond donors (Lipinski definition) is 1. The van der Waals surface area contributed by atoms with Crippen LogP contribution in [0.4, 0.5) is 0 Å². The van der Waals surface area contributed by atoms with E-state index in [1.54, 1.807) is 18.1 Å². The summed E-state index contributed by atoms with van der Waals surface area (Å²) in [6, 6.07) is 5.73. The fraction of sp³-hybridized carbons (Fsp3) is 0.519. The molecule has 3 fully saturated rings. The van der Waals surface area contributed by atoms with Gasteiger partial charge < -0.3 is 14.4 Å². The van der Waals surface area contributed by atoms with Crippen molar-refractivity contribution in [2.45, 2.75) is 69.2 Å². The van der Waals surface area contributed by atoms with Crippen LogP contribution in [0, 0.1) is 0 Å². The van der Waals surface area contributed by atoms with Crippen LogP contribution in [0.1, 0.15) is 65.9 Å². The average Bonchev–Trinajstić information content (AvgIpc) is 3.20. The van der Waals surface area contributed by atoms with E-state index in [-0.39, 0.29) is 24.3 Å². The molecule has 1 aromatic heterocycles. The number of carbonyl (C=O) groups excluding carboxylic acids is 3.